The molecule has 0 aliphatic carbocycles. The zero-order chi connectivity index (χ0) is 13.9. The van der Waals surface area contributed by atoms with Gasteiger partial charge in [0.15, 0.2) is 0 Å². The molecule has 2 aromatic rings. The number of rotatable bonds is 2. The average Bonchev–Trinajstić information content (AvgIpc) is 2.49. The van der Waals surface area contributed by atoms with Crippen molar-refractivity contribution in [2.24, 2.45) is 0 Å². The Morgan fingerprint density at radius 3 is 2.80 bits per heavy atom. The summed E-state index contributed by atoms with van der Waals surface area (Å²) in [6, 6.07) is 6.80. The summed E-state index contributed by atoms with van der Waals surface area (Å²) in [7, 11) is 0. The van der Waals surface area contributed by atoms with Crippen LogP contribution >= 0.6 is 0 Å². The van der Waals surface area contributed by atoms with Crippen molar-refractivity contribution >= 4 is 5.95 Å². The van der Waals surface area contributed by atoms with Crippen molar-refractivity contribution in [1.82, 2.24) is 15.3 Å². The second kappa shape index (κ2) is 5.54. The molecule has 0 amide bonds. The first-order chi connectivity index (χ1) is 9.75. The molecule has 0 radical (unpaired) electrons. The molecule has 0 spiro atoms. The molecular formula is C15H17FN4. The van der Waals surface area contributed by atoms with E-state index in [0.29, 0.717) is 5.56 Å². The van der Waals surface area contributed by atoms with Crippen molar-refractivity contribution in [3.05, 3.63) is 42.0 Å². The van der Waals surface area contributed by atoms with Crippen LogP contribution < -0.4 is 11.1 Å². The average molecular weight is 272 g/mol. The lowest BCUT2D eigenvalue weighted by molar-refractivity contribution is 0.406. The summed E-state index contributed by atoms with van der Waals surface area (Å²) in [4.78, 5) is 8.38. The summed E-state index contributed by atoms with van der Waals surface area (Å²) in [6.07, 6.45) is 4.90. The van der Waals surface area contributed by atoms with Crippen LogP contribution in [-0.4, -0.2) is 16.5 Å². The van der Waals surface area contributed by atoms with Crippen LogP contribution in [0.2, 0.25) is 0 Å². The molecule has 1 atom stereocenters. The molecule has 3 rings (SSSR count). The van der Waals surface area contributed by atoms with E-state index in [-0.39, 0.29) is 17.8 Å². The normalized spacial score (nSPS) is 18.9. The number of aromatic nitrogens is 2. The predicted octanol–water partition coefficient (Wildman–Crippen LogP) is 2.68. The first-order valence-electron chi connectivity index (χ1n) is 6.86. The van der Waals surface area contributed by atoms with Crippen molar-refractivity contribution in [3.63, 3.8) is 0 Å². The third-order valence-electron chi connectivity index (χ3n) is 3.64. The topological polar surface area (TPSA) is 63.8 Å². The van der Waals surface area contributed by atoms with Gasteiger partial charge in [-0.2, -0.15) is 0 Å². The van der Waals surface area contributed by atoms with Crippen LogP contribution in [0.1, 0.15) is 31.0 Å². The maximum atomic E-state index is 14.0. The van der Waals surface area contributed by atoms with Gasteiger partial charge in [-0.25, -0.2) is 14.4 Å². The minimum Gasteiger partial charge on any atom is -0.368 e. The number of piperidine rings is 1. The van der Waals surface area contributed by atoms with Crippen molar-refractivity contribution in [3.8, 4) is 11.1 Å². The molecule has 0 bridgehead atoms. The van der Waals surface area contributed by atoms with Crippen LogP contribution in [0.4, 0.5) is 10.3 Å². The number of anilines is 1. The van der Waals surface area contributed by atoms with Gasteiger partial charge in [0, 0.05) is 17.3 Å². The highest BCUT2D eigenvalue weighted by Gasteiger charge is 2.22. The molecule has 1 unspecified atom stereocenters. The number of halogens is 1. The summed E-state index contributed by atoms with van der Waals surface area (Å²) in [5.74, 6) is -0.0367. The van der Waals surface area contributed by atoms with Gasteiger partial charge in [0.2, 0.25) is 5.95 Å². The fraction of sp³-hybridized carbons (Fsp3) is 0.333. The highest BCUT2D eigenvalue weighted by Crippen LogP contribution is 2.32. The zero-order valence-electron chi connectivity index (χ0n) is 11.1. The lowest BCUT2D eigenvalue weighted by Crippen LogP contribution is -2.28. The summed E-state index contributed by atoms with van der Waals surface area (Å²) >= 11 is 0. The Morgan fingerprint density at radius 2 is 2.05 bits per heavy atom. The molecule has 104 valence electrons. The minimum absolute atomic E-state index is 0.114. The monoisotopic (exact) mass is 272 g/mol. The number of nitrogens with one attached hydrogen (secondary N) is 1. The van der Waals surface area contributed by atoms with Crippen molar-refractivity contribution in [2.75, 3.05) is 12.3 Å². The van der Waals surface area contributed by atoms with Crippen molar-refractivity contribution < 1.29 is 4.39 Å². The number of nitrogen functional groups attached to an aromatic ring is 1. The van der Waals surface area contributed by atoms with Gasteiger partial charge in [0.25, 0.3) is 0 Å². The second-order valence-electron chi connectivity index (χ2n) is 5.01. The predicted molar refractivity (Wildman–Crippen MR) is 76.4 cm³/mol. The number of nitrogens with zero attached hydrogens (tertiary/aromatic N) is 2. The van der Waals surface area contributed by atoms with Crippen LogP contribution in [0.15, 0.2) is 30.5 Å². The molecule has 0 saturated carbocycles. The summed E-state index contributed by atoms with van der Waals surface area (Å²) in [6.45, 7) is 0.950. The zero-order valence-corrected chi connectivity index (χ0v) is 11.1. The molecule has 1 fully saturated rings. The van der Waals surface area contributed by atoms with E-state index in [2.05, 4.69) is 15.3 Å². The quantitative estimate of drug-likeness (QED) is 0.882. The van der Waals surface area contributed by atoms with Crippen LogP contribution in [0.3, 0.4) is 0 Å². The van der Waals surface area contributed by atoms with E-state index in [0.717, 1.165) is 37.1 Å². The van der Waals surface area contributed by atoms with E-state index < -0.39 is 0 Å². The molecule has 1 aromatic heterocycles. The highest BCUT2D eigenvalue weighted by atomic mass is 19.1. The SMILES string of the molecule is Nc1ncc(-c2ccccc2F)c(C2CCCCN2)n1. The van der Waals surface area contributed by atoms with Gasteiger partial charge in [-0.1, -0.05) is 24.6 Å². The van der Waals surface area contributed by atoms with Gasteiger partial charge < -0.3 is 11.1 Å². The van der Waals surface area contributed by atoms with Gasteiger partial charge in [0.1, 0.15) is 5.82 Å². The Hall–Kier alpha value is -2.01. The third kappa shape index (κ3) is 2.49. The molecule has 1 aliphatic heterocycles. The summed E-state index contributed by atoms with van der Waals surface area (Å²) in [5.41, 5.74) is 7.74. The Bertz CT molecular complexity index is 609. The second-order valence-corrected chi connectivity index (χ2v) is 5.01. The number of benzene rings is 1. The number of hydrogen-bond donors (Lipinski definition) is 2. The van der Waals surface area contributed by atoms with E-state index in [1.54, 1.807) is 18.3 Å². The van der Waals surface area contributed by atoms with Gasteiger partial charge in [-0.3, -0.25) is 0 Å². The Kier molecular flexibility index (Phi) is 3.60. The van der Waals surface area contributed by atoms with Crippen molar-refractivity contribution in [1.29, 1.82) is 0 Å². The van der Waals surface area contributed by atoms with E-state index in [9.17, 15) is 4.39 Å². The van der Waals surface area contributed by atoms with E-state index in [1.165, 1.54) is 6.07 Å². The maximum absolute atomic E-state index is 14.0. The number of hydrogen-bond acceptors (Lipinski definition) is 4. The molecule has 1 saturated heterocycles. The Balaban J connectivity index is 2.08. The Labute approximate surface area is 117 Å². The van der Waals surface area contributed by atoms with E-state index in [1.807, 2.05) is 6.07 Å². The Morgan fingerprint density at radius 1 is 1.20 bits per heavy atom. The van der Waals surface area contributed by atoms with Crippen LogP contribution in [0.25, 0.3) is 11.1 Å². The van der Waals surface area contributed by atoms with Gasteiger partial charge in [-0.05, 0) is 25.5 Å². The summed E-state index contributed by atoms with van der Waals surface area (Å²) < 4.78 is 14.0. The van der Waals surface area contributed by atoms with E-state index >= 15 is 0 Å². The van der Waals surface area contributed by atoms with Crippen LogP contribution in [0, 0.1) is 5.82 Å². The fourth-order valence-corrected chi connectivity index (χ4v) is 2.65. The highest BCUT2D eigenvalue weighted by molar-refractivity contribution is 5.66. The first kappa shape index (κ1) is 13.0. The summed E-state index contributed by atoms with van der Waals surface area (Å²) in [5, 5.41) is 3.42. The smallest absolute Gasteiger partial charge is 0.220 e. The van der Waals surface area contributed by atoms with Crippen LogP contribution in [0.5, 0.6) is 0 Å². The fourth-order valence-electron chi connectivity index (χ4n) is 2.65. The first-order valence-corrected chi connectivity index (χ1v) is 6.86. The van der Waals surface area contributed by atoms with Gasteiger partial charge in [0.05, 0.1) is 11.7 Å². The lowest BCUT2D eigenvalue weighted by atomic mass is 9.95. The van der Waals surface area contributed by atoms with Gasteiger partial charge >= 0.3 is 0 Å². The minimum atomic E-state index is -0.266. The molecule has 1 aliphatic rings. The lowest BCUT2D eigenvalue weighted by Gasteiger charge is -2.25. The third-order valence-corrected chi connectivity index (χ3v) is 3.64. The largest absolute Gasteiger partial charge is 0.368 e. The standard InChI is InChI=1S/C15H17FN4/c16-12-6-2-1-5-10(12)11-9-19-15(17)20-14(11)13-7-3-4-8-18-13/h1-2,5-6,9,13,18H,3-4,7-8H2,(H2,17,19,20). The van der Waals surface area contributed by atoms with E-state index in [4.69, 9.17) is 5.73 Å². The molecule has 1 aromatic carbocycles. The van der Waals surface area contributed by atoms with Gasteiger partial charge in [-0.15, -0.1) is 0 Å². The molecule has 20 heavy (non-hydrogen) atoms. The maximum Gasteiger partial charge on any atom is 0.220 e. The van der Waals surface area contributed by atoms with Crippen LogP contribution in [-0.2, 0) is 0 Å². The van der Waals surface area contributed by atoms with Crippen molar-refractivity contribution in [2.45, 2.75) is 25.3 Å². The molecule has 3 N–H and O–H groups in total. The molecule has 2 heterocycles. The molecule has 4 nitrogen and oxygen atoms in total. The molecular weight excluding hydrogens is 255 g/mol. The molecule has 5 heteroatoms. The number of nitrogens with two attached hydrogens (primary N) is 1.